The van der Waals surface area contributed by atoms with Crippen molar-refractivity contribution in [2.24, 2.45) is 0 Å². The normalized spacial score (nSPS) is 17.3. The molecule has 1 aliphatic heterocycles. The fourth-order valence-electron chi connectivity index (χ4n) is 3.70. The average Bonchev–Trinajstić information content (AvgIpc) is 3.26. The number of nitrogens with zero attached hydrogens (tertiary/aromatic N) is 2. The molecule has 8 nitrogen and oxygen atoms in total. The average molecular weight is 458 g/mol. The van der Waals surface area contributed by atoms with Gasteiger partial charge in [-0.15, -0.1) is 0 Å². The van der Waals surface area contributed by atoms with Crippen LogP contribution in [-0.2, 0) is 14.6 Å². The van der Waals surface area contributed by atoms with Crippen molar-refractivity contribution >= 4 is 26.6 Å². The standard InChI is InChI=1S/C23H27N3O5S/c1-14(16-6-5-7-18(10-16)32(4,27)28)24-23-19-11-22(31-17-8-9-30-13-17)21(29-3)12-20(19)25-15(2)26-23/h5-7,10-12,14,17H,8-9,13H2,1-4H3,(H,24,25,26)/t14-,17+/m1/s1. The van der Waals surface area contributed by atoms with Crippen LogP contribution in [0, 0.1) is 6.92 Å². The molecule has 1 N–H and O–H groups in total. The molecule has 0 bridgehead atoms. The maximum atomic E-state index is 11.9. The first-order valence-electron chi connectivity index (χ1n) is 10.4. The number of nitrogens with one attached hydrogen (secondary N) is 1. The third kappa shape index (κ3) is 4.78. The van der Waals surface area contributed by atoms with Crippen molar-refractivity contribution in [1.82, 2.24) is 9.97 Å². The van der Waals surface area contributed by atoms with Crippen LogP contribution in [0.25, 0.3) is 10.9 Å². The molecule has 3 aromatic rings. The summed E-state index contributed by atoms with van der Waals surface area (Å²) in [5, 5.41) is 4.20. The number of benzene rings is 2. The van der Waals surface area contributed by atoms with Gasteiger partial charge in [-0.25, -0.2) is 18.4 Å². The zero-order valence-electron chi connectivity index (χ0n) is 18.6. The highest BCUT2D eigenvalue weighted by Gasteiger charge is 2.21. The number of aryl methyl sites for hydroxylation is 1. The second kappa shape index (κ2) is 8.91. The molecule has 4 rings (SSSR count). The van der Waals surface area contributed by atoms with E-state index in [-0.39, 0.29) is 17.0 Å². The van der Waals surface area contributed by atoms with Crippen molar-refractivity contribution in [2.75, 3.05) is 31.9 Å². The largest absolute Gasteiger partial charge is 0.493 e. The number of sulfone groups is 1. The topological polar surface area (TPSA) is 99.6 Å². The van der Waals surface area contributed by atoms with Crippen molar-refractivity contribution in [3.05, 3.63) is 47.8 Å². The lowest BCUT2D eigenvalue weighted by molar-refractivity contribution is 0.139. The highest BCUT2D eigenvalue weighted by atomic mass is 32.2. The number of hydrogen-bond acceptors (Lipinski definition) is 8. The van der Waals surface area contributed by atoms with E-state index in [0.717, 1.165) is 22.9 Å². The molecular weight excluding hydrogens is 430 g/mol. The molecule has 2 atom stereocenters. The molecular formula is C23H27N3O5S. The summed E-state index contributed by atoms with van der Waals surface area (Å²) < 4.78 is 41.0. The van der Waals surface area contributed by atoms with Crippen LogP contribution in [-0.4, -0.2) is 51.1 Å². The van der Waals surface area contributed by atoms with Gasteiger partial charge in [0.15, 0.2) is 21.3 Å². The van der Waals surface area contributed by atoms with Gasteiger partial charge in [-0.1, -0.05) is 12.1 Å². The van der Waals surface area contributed by atoms with Crippen LogP contribution in [0.2, 0.25) is 0 Å². The molecule has 0 spiro atoms. The minimum atomic E-state index is -3.29. The number of methoxy groups -OCH3 is 1. The molecule has 2 heterocycles. The molecule has 1 fully saturated rings. The van der Waals surface area contributed by atoms with Gasteiger partial charge < -0.3 is 19.5 Å². The van der Waals surface area contributed by atoms with Gasteiger partial charge in [0, 0.05) is 24.1 Å². The second-order valence-electron chi connectivity index (χ2n) is 7.95. The zero-order chi connectivity index (χ0) is 22.9. The fraction of sp³-hybridized carbons (Fsp3) is 0.391. The van der Waals surface area contributed by atoms with Gasteiger partial charge >= 0.3 is 0 Å². The quantitative estimate of drug-likeness (QED) is 0.573. The van der Waals surface area contributed by atoms with Gasteiger partial charge in [-0.2, -0.15) is 0 Å². The van der Waals surface area contributed by atoms with Gasteiger partial charge in [0.05, 0.1) is 36.8 Å². The highest BCUT2D eigenvalue weighted by molar-refractivity contribution is 7.90. The first-order chi connectivity index (χ1) is 15.2. The van der Waals surface area contributed by atoms with Gasteiger partial charge in [0.25, 0.3) is 0 Å². The first kappa shape index (κ1) is 22.3. The fourth-order valence-corrected chi connectivity index (χ4v) is 4.38. The van der Waals surface area contributed by atoms with E-state index in [9.17, 15) is 8.42 Å². The van der Waals surface area contributed by atoms with Crippen molar-refractivity contribution in [3.63, 3.8) is 0 Å². The molecule has 0 saturated carbocycles. The van der Waals surface area contributed by atoms with Gasteiger partial charge in [-0.05, 0) is 37.6 Å². The number of rotatable bonds is 7. The molecule has 0 radical (unpaired) electrons. The van der Waals surface area contributed by atoms with Gasteiger partial charge in [-0.3, -0.25) is 0 Å². The summed E-state index contributed by atoms with van der Waals surface area (Å²) in [5.41, 5.74) is 1.56. The Labute approximate surface area is 187 Å². The van der Waals surface area contributed by atoms with E-state index >= 15 is 0 Å². The third-order valence-corrected chi connectivity index (χ3v) is 6.52. The number of anilines is 1. The molecule has 1 aliphatic rings. The monoisotopic (exact) mass is 457 g/mol. The van der Waals surface area contributed by atoms with Crippen LogP contribution in [0.1, 0.15) is 30.8 Å². The molecule has 0 unspecified atom stereocenters. The Morgan fingerprint density at radius 1 is 1.19 bits per heavy atom. The Balaban J connectivity index is 1.71. The van der Waals surface area contributed by atoms with Crippen molar-refractivity contribution in [3.8, 4) is 11.5 Å². The molecule has 0 amide bonds. The Bertz CT molecular complexity index is 1240. The number of ether oxygens (including phenoxy) is 3. The molecule has 2 aromatic carbocycles. The van der Waals surface area contributed by atoms with Crippen LogP contribution in [0.15, 0.2) is 41.3 Å². The van der Waals surface area contributed by atoms with Gasteiger partial charge in [0.2, 0.25) is 0 Å². The lowest BCUT2D eigenvalue weighted by Gasteiger charge is -2.19. The van der Waals surface area contributed by atoms with Crippen LogP contribution in [0.3, 0.4) is 0 Å². The van der Waals surface area contributed by atoms with E-state index in [1.165, 1.54) is 6.26 Å². The Kier molecular flexibility index (Phi) is 6.21. The van der Waals surface area contributed by atoms with Gasteiger partial charge in [0.1, 0.15) is 17.7 Å². The van der Waals surface area contributed by atoms with E-state index < -0.39 is 9.84 Å². The highest BCUT2D eigenvalue weighted by Crippen LogP contribution is 2.36. The van der Waals surface area contributed by atoms with Crippen molar-refractivity contribution < 1.29 is 22.6 Å². The van der Waals surface area contributed by atoms with Crippen molar-refractivity contribution in [2.45, 2.75) is 37.3 Å². The number of hydrogen-bond donors (Lipinski definition) is 1. The van der Waals surface area contributed by atoms with E-state index in [4.69, 9.17) is 14.2 Å². The lowest BCUT2D eigenvalue weighted by Crippen LogP contribution is -2.16. The molecule has 32 heavy (non-hydrogen) atoms. The van der Waals surface area contributed by atoms with Crippen LogP contribution >= 0.6 is 0 Å². The molecule has 9 heteroatoms. The summed E-state index contributed by atoms with van der Waals surface area (Å²) in [4.78, 5) is 9.44. The number of aromatic nitrogens is 2. The minimum absolute atomic E-state index is 0.0261. The Morgan fingerprint density at radius 3 is 2.69 bits per heavy atom. The summed E-state index contributed by atoms with van der Waals surface area (Å²) in [6.45, 7) is 5.01. The summed E-state index contributed by atoms with van der Waals surface area (Å²) in [6, 6.07) is 10.4. The zero-order valence-corrected chi connectivity index (χ0v) is 19.4. The predicted octanol–water partition coefficient (Wildman–Crippen LogP) is 3.69. The molecule has 1 aromatic heterocycles. The second-order valence-corrected chi connectivity index (χ2v) is 9.97. The molecule has 1 saturated heterocycles. The van der Waals surface area contributed by atoms with E-state index in [2.05, 4.69) is 15.3 Å². The maximum Gasteiger partial charge on any atom is 0.175 e. The summed E-state index contributed by atoms with van der Waals surface area (Å²) in [5.74, 6) is 2.46. The predicted molar refractivity (Wildman–Crippen MR) is 122 cm³/mol. The minimum Gasteiger partial charge on any atom is -0.493 e. The third-order valence-electron chi connectivity index (χ3n) is 5.41. The van der Waals surface area contributed by atoms with Crippen LogP contribution < -0.4 is 14.8 Å². The van der Waals surface area contributed by atoms with E-state index in [0.29, 0.717) is 36.4 Å². The first-order valence-corrected chi connectivity index (χ1v) is 12.3. The Hall–Kier alpha value is -2.91. The Morgan fingerprint density at radius 2 is 2.00 bits per heavy atom. The number of fused-ring (bicyclic) bond motifs is 1. The smallest absolute Gasteiger partial charge is 0.175 e. The van der Waals surface area contributed by atoms with Crippen molar-refractivity contribution in [1.29, 1.82) is 0 Å². The van der Waals surface area contributed by atoms with Crippen LogP contribution in [0.5, 0.6) is 11.5 Å². The summed E-state index contributed by atoms with van der Waals surface area (Å²) in [6.07, 6.45) is 2.00. The molecule has 170 valence electrons. The summed E-state index contributed by atoms with van der Waals surface area (Å²) >= 11 is 0. The van der Waals surface area contributed by atoms with Crippen LogP contribution in [0.4, 0.5) is 5.82 Å². The maximum absolute atomic E-state index is 11.9. The summed E-state index contributed by atoms with van der Waals surface area (Å²) in [7, 11) is -1.69. The lowest BCUT2D eigenvalue weighted by atomic mass is 10.1. The molecule has 0 aliphatic carbocycles. The SMILES string of the molecule is COc1cc2nc(C)nc(N[C@H](C)c3cccc(S(C)(=O)=O)c3)c2cc1O[C@H]1CCOC1. The van der Waals surface area contributed by atoms with E-state index in [1.807, 2.05) is 32.0 Å². The van der Waals surface area contributed by atoms with E-state index in [1.54, 1.807) is 25.3 Å².